The lowest BCUT2D eigenvalue weighted by Gasteiger charge is -2.09. The summed E-state index contributed by atoms with van der Waals surface area (Å²) in [5.41, 5.74) is 1.04. The van der Waals surface area contributed by atoms with Crippen molar-refractivity contribution in [2.24, 2.45) is 16.1 Å². The molecule has 0 aliphatic rings. The Labute approximate surface area is 155 Å². The van der Waals surface area contributed by atoms with Crippen molar-refractivity contribution >= 4 is 22.5 Å². The van der Waals surface area contributed by atoms with Crippen LogP contribution in [0.5, 0.6) is 11.6 Å². The molecule has 0 radical (unpaired) electrons. The van der Waals surface area contributed by atoms with Gasteiger partial charge in [0.05, 0.1) is 5.52 Å². The van der Waals surface area contributed by atoms with Crippen molar-refractivity contribution < 1.29 is 19.0 Å². The normalized spacial score (nSPS) is 11.6. The zero-order valence-electron chi connectivity index (χ0n) is 15.1. The van der Waals surface area contributed by atoms with E-state index in [1.807, 2.05) is 32.0 Å². The first-order valence-electron chi connectivity index (χ1n) is 8.59. The van der Waals surface area contributed by atoms with Gasteiger partial charge in [-0.3, -0.25) is 4.79 Å². The van der Waals surface area contributed by atoms with Crippen LogP contribution in [0, 0.1) is 11.7 Å². The van der Waals surface area contributed by atoms with Gasteiger partial charge in [-0.05, 0) is 24.1 Å². The van der Waals surface area contributed by atoms with Gasteiger partial charge in [0.15, 0.2) is 23.9 Å². The molecular weight excluding hydrogens is 349 g/mol. The molecule has 6 nitrogen and oxygen atoms in total. The Morgan fingerprint density at radius 2 is 1.89 bits per heavy atom. The lowest BCUT2D eigenvalue weighted by Crippen LogP contribution is -2.08. The number of benzene rings is 2. The van der Waals surface area contributed by atoms with Gasteiger partial charge in [0.1, 0.15) is 0 Å². The predicted molar refractivity (Wildman–Crippen MR) is 99.9 cm³/mol. The molecule has 2 aromatic carbocycles. The number of carbonyl (C=O) groups is 1. The number of carbonyl (C=O) groups excluding carboxylic acids is 1. The fourth-order valence-corrected chi connectivity index (χ4v) is 2.76. The number of halogens is 1. The number of nitrogens with zero attached hydrogens (tertiary/aromatic N) is 3. The van der Waals surface area contributed by atoms with Crippen LogP contribution in [0.3, 0.4) is 0 Å². The highest BCUT2D eigenvalue weighted by molar-refractivity contribution is 5.95. The Hall–Kier alpha value is -3.22. The monoisotopic (exact) mass is 369 g/mol. The minimum atomic E-state index is -0.682. The molecule has 1 amide bonds. The molecule has 27 heavy (non-hydrogen) atoms. The minimum absolute atomic E-state index is 0.0302. The maximum Gasteiger partial charge on any atom is 0.302 e. The third-order valence-electron chi connectivity index (χ3n) is 3.91. The Kier molecular flexibility index (Phi) is 5.49. The molecule has 1 N–H and O–H groups in total. The molecule has 3 rings (SSSR count). The van der Waals surface area contributed by atoms with Gasteiger partial charge in [-0.25, -0.2) is 4.39 Å². The van der Waals surface area contributed by atoms with Crippen LogP contribution in [0.4, 0.5) is 10.1 Å². The van der Waals surface area contributed by atoms with E-state index >= 15 is 0 Å². The lowest BCUT2D eigenvalue weighted by molar-refractivity contribution is -0.120. The molecule has 0 saturated carbocycles. The van der Waals surface area contributed by atoms with Gasteiger partial charge in [-0.15, -0.1) is 10.2 Å². The molecular formula is C20H20FN3O3. The average Bonchev–Trinajstić information content (AvgIpc) is 2.90. The number of aromatic hydroxyl groups is 1. The van der Waals surface area contributed by atoms with E-state index < -0.39 is 18.3 Å². The summed E-state index contributed by atoms with van der Waals surface area (Å²) in [5, 5.41) is 18.8. The van der Waals surface area contributed by atoms with Crippen molar-refractivity contribution in [2.75, 3.05) is 6.61 Å². The Balaban J connectivity index is 1.80. The van der Waals surface area contributed by atoms with Crippen LogP contribution in [-0.4, -0.2) is 22.2 Å². The average molecular weight is 369 g/mol. The Bertz CT molecular complexity index is 995. The van der Waals surface area contributed by atoms with E-state index in [4.69, 9.17) is 4.74 Å². The van der Waals surface area contributed by atoms with E-state index in [1.165, 1.54) is 18.2 Å². The summed E-state index contributed by atoms with van der Waals surface area (Å²) in [6.45, 7) is 4.24. The number of para-hydroxylation sites is 2. The van der Waals surface area contributed by atoms with Gasteiger partial charge in [-0.2, -0.15) is 0 Å². The molecule has 0 spiro atoms. The SMILES string of the molecule is CC(C)Cn1c(O)c(N=NC(=O)COc2ccccc2F)c2ccccc21. The van der Waals surface area contributed by atoms with Crippen molar-refractivity contribution in [3.63, 3.8) is 0 Å². The second-order valence-corrected chi connectivity index (χ2v) is 6.51. The zero-order chi connectivity index (χ0) is 19.4. The highest BCUT2D eigenvalue weighted by Crippen LogP contribution is 2.39. The number of hydrogen-bond donors (Lipinski definition) is 1. The molecule has 1 aromatic heterocycles. The first kappa shape index (κ1) is 18.6. The van der Waals surface area contributed by atoms with E-state index in [0.29, 0.717) is 17.8 Å². The summed E-state index contributed by atoms with van der Waals surface area (Å²) >= 11 is 0. The summed E-state index contributed by atoms with van der Waals surface area (Å²) in [7, 11) is 0. The van der Waals surface area contributed by atoms with Gasteiger partial charge < -0.3 is 14.4 Å². The molecule has 0 atom stereocenters. The number of fused-ring (bicyclic) bond motifs is 1. The largest absolute Gasteiger partial charge is 0.493 e. The van der Waals surface area contributed by atoms with Crippen molar-refractivity contribution in [3.05, 3.63) is 54.3 Å². The zero-order valence-corrected chi connectivity index (χ0v) is 15.1. The summed E-state index contributed by atoms with van der Waals surface area (Å²) in [5.74, 6) is -1.00. The standard InChI is InChI=1S/C20H20FN3O3/c1-13(2)11-24-16-9-5-3-7-14(16)19(20(24)26)23-22-18(25)12-27-17-10-6-4-8-15(17)21/h3-10,13,26H,11-12H2,1-2H3. The van der Waals surface area contributed by atoms with Gasteiger partial charge in [0, 0.05) is 11.9 Å². The van der Waals surface area contributed by atoms with Gasteiger partial charge in [-0.1, -0.05) is 44.2 Å². The first-order chi connectivity index (χ1) is 13.0. The molecule has 0 bridgehead atoms. The summed E-state index contributed by atoms with van der Waals surface area (Å²) in [6, 6.07) is 13.2. The second kappa shape index (κ2) is 7.99. The predicted octanol–water partition coefficient (Wildman–Crippen LogP) is 4.83. The van der Waals surface area contributed by atoms with E-state index in [9.17, 15) is 14.3 Å². The van der Waals surface area contributed by atoms with Crippen molar-refractivity contribution in [1.29, 1.82) is 0 Å². The quantitative estimate of drug-likeness (QED) is 0.632. The third kappa shape index (κ3) is 4.13. The van der Waals surface area contributed by atoms with Crippen molar-refractivity contribution in [2.45, 2.75) is 20.4 Å². The van der Waals surface area contributed by atoms with E-state index in [-0.39, 0.29) is 17.3 Å². The van der Waals surface area contributed by atoms with Crippen LogP contribution >= 0.6 is 0 Å². The topological polar surface area (TPSA) is 76.2 Å². The van der Waals surface area contributed by atoms with Crippen LogP contribution in [0.25, 0.3) is 10.9 Å². The number of hydrogen-bond acceptors (Lipinski definition) is 4. The maximum absolute atomic E-state index is 13.5. The molecule has 1 heterocycles. The molecule has 7 heteroatoms. The number of ether oxygens (including phenoxy) is 1. The van der Waals surface area contributed by atoms with Crippen LogP contribution in [0.2, 0.25) is 0 Å². The number of aromatic nitrogens is 1. The summed E-state index contributed by atoms with van der Waals surface area (Å²) in [4.78, 5) is 11.9. The molecule has 0 fully saturated rings. The molecule has 140 valence electrons. The van der Waals surface area contributed by atoms with Crippen molar-refractivity contribution in [1.82, 2.24) is 4.57 Å². The van der Waals surface area contributed by atoms with Gasteiger partial charge >= 0.3 is 5.91 Å². The van der Waals surface area contributed by atoms with Gasteiger partial charge in [0.25, 0.3) is 0 Å². The van der Waals surface area contributed by atoms with E-state index in [2.05, 4.69) is 10.2 Å². The van der Waals surface area contributed by atoms with Crippen LogP contribution < -0.4 is 4.74 Å². The summed E-state index contributed by atoms with van der Waals surface area (Å²) in [6.07, 6.45) is 0. The molecule has 0 saturated heterocycles. The fourth-order valence-electron chi connectivity index (χ4n) is 2.76. The van der Waals surface area contributed by atoms with E-state index in [0.717, 1.165) is 5.52 Å². The highest BCUT2D eigenvalue weighted by Gasteiger charge is 2.17. The number of azo groups is 1. The van der Waals surface area contributed by atoms with Crippen LogP contribution in [0.15, 0.2) is 58.8 Å². The van der Waals surface area contributed by atoms with Gasteiger partial charge in [0.2, 0.25) is 5.88 Å². The highest BCUT2D eigenvalue weighted by atomic mass is 19.1. The van der Waals surface area contributed by atoms with E-state index in [1.54, 1.807) is 16.7 Å². The fraction of sp³-hybridized carbons (Fsp3) is 0.250. The minimum Gasteiger partial charge on any atom is -0.493 e. The van der Waals surface area contributed by atoms with Crippen LogP contribution in [0.1, 0.15) is 13.8 Å². The first-order valence-corrected chi connectivity index (χ1v) is 8.59. The molecule has 0 aliphatic carbocycles. The molecule has 3 aromatic rings. The second-order valence-electron chi connectivity index (χ2n) is 6.51. The number of rotatable bonds is 6. The van der Waals surface area contributed by atoms with Crippen molar-refractivity contribution in [3.8, 4) is 11.6 Å². The smallest absolute Gasteiger partial charge is 0.302 e. The molecule has 0 aliphatic heterocycles. The lowest BCUT2D eigenvalue weighted by atomic mass is 10.2. The Morgan fingerprint density at radius 3 is 2.63 bits per heavy atom. The third-order valence-corrected chi connectivity index (χ3v) is 3.91. The maximum atomic E-state index is 13.5. The number of amides is 1. The Morgan fingerprint density at radius 1 is 1.19 bits per heavy atom. The van der Waals surface area contributed by atoms with Crippen LogP contribution in [-0.2, 0) is 11.3 Å². The summed E-state index contributed by atoms with van der Waals surface area (Å²) < 4.78 is 20.4. The molecule has 0 unspecified atom stereocenters.